The molecular formula is C13H26N2OS. The van der Waals surface area contributed by atoms with E-state index in [1.54, 1.807) is 0 Å². The first-order valence-corrected chi connectivity index (χ1v) is 8.01. The molecule has 1 fully saturated rings. The molecule has 100 valence electrons. The van der Waals surface area contributed by atoms with Gasteiger partial charge in [-0.25, -0.2) is 0 Å². The molecule has 3 atom stereocenters. The quantitative estimate of drug-likeness (QED) is 0.767. The van der Waals surface area contributed by atoms with Crippen LogP contribution < -0.4 is 10.6 Å². The summed E-state index contributed by atoms with van der Waals surface area (Å²) in [6.07, 6.45) is 7.69. The van der Waals surface area contributed by atoms with Gasteiger partial charge in [0, 0.05) is 23.8 Å². The number of rotatable bonds is 6. The van der Waals surface area contributed by atoms with Gasteiger partial charge in [-0.15, -0.1) is 0 Å². The molecular weight excluding hydrogens is 232 g/mol. The maximum Gasteiger partial charge on any atom is 0.221 e. The standard InChI is InChI=1S/C13H26N2OS/c1-4-14-10(2)9-13(16)15-11-7-5-6-8-12(11)17-3/h10-12,14H,4-9H2,1-3H3,(H,15,16). The molecule has 0 aromatic carbocycles. The minimum absolute atomic E-state index is 0.199. The Morgan fingerprint density at radius 3 is 2.76 bits per heavy atom. The van der Waals surface area contributed by atoms with E-state index in [0.717, 1.165) is 13.0 Å². The molecule has 0 spiro atoms. The van der Waals surface area contributed by atoms with E-state index < -0.39 is 0 Å². The predicted molar refractivity (Wildman–Crippen MR) is 75.5 cm³/mol. The number of nitrogens with one attached hydrogen (secondary N) is 2. The average molecular weight is 258 g/mol. The molecule has 1 aliphatic carbocycles. The van der Waals surface area contributed by atoms with E-state index in [9.17, 15) is 4.79 Å². The summed E-state index contributed by atoms with van der Waals surface area (Å²) in [5, 5.41) is 7.10. The molecule has 1 saturated carbocycles. The summed E-state index contributed by atoms with van der Waals surface area (Å²) >= 11 is 1.89. The zero-order valence-corrected chi connectivity index (χ0v) is 12.1. The fourth-order valence-corrected chi connectivity index (χ4v) is 3.44. The second-order valence-electron chi connectivity index (χ2n) is 4.90. The second kappa shape index (κ2) is 7.98. The van der Waals surface area contributed by atoms with Gasteiger partial charge in [0.15, 0.2) is 0 Å². The number of carbonyl (C=O) groups is 1. The van der Waals surface area contributed by atoms with Gasteiger partial charge >= 0.3 is 0 Å². The van der Waals surface area contributed by atoms with Crippen LogP contribution in [0.25, 0.3) is 0 Å². The Hall–Kier alpha value is -0.220. The SMILES string of the molecule is CCNC(C)CC(=O)NC1CCCCC1SC. The molecule has 0 aromatic heterocycles. The topological polar surface area (TPSA) is 41.1 Å². The summed E-state index contributed by atoms with van der Waals surface area (Å²) in [6, 6.07) is 0.663. The lowest BCUT2D eigenvalue weighted by atomic mass is 9.94. The summed E-state index contributed by atoms with van der Waals surface area (Å²) in [7, 11) is 0. The molecule has 0 heterocycles. The maximum absolute atomic E-state index is 11.9. The summed E-state index contributed by atoms with van der Waals surface area (Å²) in [5.74, 6) is 0.199. The molecule has 17 heavy (non-hydrogen) atoms. The zero-order valence-electron chi connectivity index (χ0n) is 11.3. The van der Waals surface area contributed by atoms with Crippen molar-refractivity contribution in [1.82, 2.24) is 10.6 Å². The molecule has 3 nitrogen and oxygen atoms in total. The van der Waals surface area contributed by atoms with Crippen LogP contribution in [0, 0.1) is 0 Å². The summed E-state index contributed by atoms with van der Waals surface area (Å²) in [4.78, 5) is 11.9. The van der Waals surface area contributed by atoms with E-state index in [2.05, 4.69) is 30.7 Å². The highest BCUT2D eigenvalue weighted by Gasteiger charge is 2.25. The van der Waals surface area contributed by atoms with Crippen LogP contribution in [-0.4, -0.2) is 36.0 Å². The van der Waals surface area contributed by atoms with Gasteiger partial charge in [0.25, 0.3) is 0 Å². The lowest BCUT2D eigenvalue weighted by molar-refractivity contribution is -0.122. The van der Waals surface area contributed by atoms with Gasteiger partial charge < -0.3 is 10.6 Å². The van der Waals surface area contributed by atoms with Crippen molar-refractivity contribution in [3.63, 3.8) is 0 Å². The Kier molecular flexibility index (Phi) is 6.97. The van der Waals surface area contributed by atoms with E-state index in [-0.39, 0.29) is 11.9 Å². The van der Waals surface area contributed by atoms with Crippen LogP contribution >= 0.6 is 11.8 Å². The van der Waals surface area contributed by atoms with Gasteiger partial charge in [-0.2, -0.15) is 11.8 Å². The Morgan fingerprint density at radius 1 is 1.41 bits per heavy atom. The fraction of sp³-hybridized carbons (Fsp3) is 0.923. The van der Waals surface area contributed by atoms with Gasteiger partial charge in [-0.3, -0.25) is 4.79 Å². The van der Waals surface area contributed by atoms with Gasteiger partial charge in [0.1, 0.15) is 0 Å². The maximum atomic E-state index is 11.9. The first kappa shape index (κ1) is 14.8. The van der Waals surface area contributed by atoms with E-state index in [1.165, 1.54) is 19.3 Å². The molecule has 0 radical (unpaired) electrons. The van der Waals surface area contributed by atoms with Gasteiger partial charge in [0.05, 0.1) is 0 Å². The molecule has 1 aliphatic rings. The molecule has 0 aromatic rings. The summed E-state index contributed by atoms with van der Waals surface area (Å²) in [6.45, 7) is 5.06. The molecule has 4 heteroatoms. The molecule has 1 rings (SSSR count). The Labute approximate surface area is 109 Å². The highest BCUT2D eigenvalue weighted by atomic mass is 32.2. The van der Waals surface area contributed by atoms with Crippen LogP contribution in [0.15, 0.2) is 0 Å². The monoisotopic (exact) mass is 258 g/mol. The number of carbonyl (C=O) groups excluding carboxylic acids is 1. The molecule has 2 N–H and O–H groups in total. The van der Waals surface area contributed by atoms with Crippen LogP contribution in [0.3, 0.4) is 0 Å². The van der Waals surface area contributed by atoms with Crippen LogP contribution in [0.2, 0.25) is 0 Å². The number of hydrogen-bond donors (Lipinski definition) is 2. The molecule has 0 saturated heterocycles. The van der Waals surface area contributed by atoms with Gasteiger partial charge in [0.2, 0.25) is 5.91 Å². The number of hydrogen-bond acceptors (Lipinski definition) is 3. The minimum atomic E-state index is 0.199. The third kappa shape index (κ3) is 5.30. The first-order valence-electron chi connectivity index (χ1n) is 6.73. The summed E-state index contributed by atoms with van der Waals surface area (Å²) < 4.78 is 0. The first-order chi connectivity index (χ1) is 8.17. The third-order valence-corrected chi connectivity index (χ3v) is 4.57. The Balaban J connectivity index is 2.33. The van der Waals surface area contributed by atoms with Gasteiger partial charge in [-0.1, -0.05) is 19.8 Å². The van der Waals surface area contributed by atoms with Gasteiger partial charge in [-0.05, 0) is 32.6 Å². The number of thioether (sulfide) groups is 1. The molecule has 0 aliphatic heterocycles. The fourth-order valence-electron chi connectivity index (χ4n) is 2.51. The van der Waals surface area contributed by atoms with Crippen LogP contribution in [0.1, 0.15) is 46.0 Å². The van der Waals surface area contributed by atoms with Crippen LogP contribution in [-0.2, 0) is 4.79 Å². The summed E-state index contributed by atoms with van der Waals surface area (Å²) in [5.41, 5.74) is 0. The van der Waals surface area contributed by atoms with E-state index in [4.69, 9.17) is 0 Å². The third-order valence-electron chi connectivity index (χ3n) is 3.40. The minimum Gasteiger partial charge on any atom is -0.352 e. The van der Waals surface area contributed by atoms with Crippen molar-refractivity contribution in [2.24, 2.45) is 0 Å². The zero-order chi connectivity index (χ0) is 12.7. The van der Waals surface area contributed by atoms with E-state index in [1.807, 2.05) is 11.8 Å². The normalized spacial score (nSPS) is 26.5. The Morgan fingerprint density at radius 2 is 2.12 bits per heavy atom. The van der Waals surface area contributed by atoms with Crippen LogP contribution in [0.4, 0.5) is 0 Å². The predicted octanol–water partition coefficient (Wildman–Crippen LogP) is 2.16. The van der Waals surface area contributed by atoms with E-state index in [0.29, 0.717) is 17.7 Å². The Bertz CT molecular complexity index is 235. The lowest BCUT2D eigenvalue weighted by Gasteiger charge is -2.31. The van der Waals surface area contributed by atoms with Crippen LogP contribution in [0.5, 0.6) is 0 Å². The average Bonchev–Trinajstić information content (AvgIpc) is 2.29. The molecule has 0 bridgehead atoms. The van der Waals surface area contributed by atoms with Crippen molar-refractivity contribution >= 4 is 17.7 Å². The van der Waals surface area contributed by atoms with Crippen molar-refractivity contribution in [1.29, 1.82) is 0 Å². The largest absolute Gasteiger partial charge is 0.352 e. The highest BCUT2D eigenvalue weighted by Crippen LogP contribution is 2.27. The van der Waals surface area contributed by atoms with Crippen molar-refractivity contribution in [2.75, 3.05) is 12.8 Å². The molecule has 1 amide bonds. The lowest BCUT2D eigenvalue weighted by Crippen LogP contribution is -2.45. The highest BCUT2D eigenvalue weighted by molar-refractivity contribution is 7.99. The number of amides is 1. The molecule has 3 unspecified atom stereocenters. The van der Waals surface area contributed by atoms with Crippen molar-refractivity contribution in [2.45, 2.75) is 63.3 Å². The van der Waals surface area contributed by atoms with E-state index >= 15 is 0 Å². The second-order valence-corrected chi connectivity index (χ2v) is 5.97. The smallest absolute Gasteiger partial charge is 0.221 e. The van der Waals surface area contributed by atoms with Crippen molar-refractivity contribution in [3.8, 4) is 0 Å². The van der Waals surface area contributed by atoms with Crippen molar-refractivity contribution in [3.05, 3.63) is 0 Å². The van der Waals surface area contributed by atoms with Crippen molar-refractivity contribution < 1.29 is 4.79 Å².